The van der Waals surface area contributed by atoms with Crippen LogP contribution in [0.1, 0.15) is 11.3 Å². The molecule has 0 radical (unpaired) electrons. The van der Waals surface area contributed by atoms with Crippen LogP contribution in [0.4, 0.5) is 0 Å². The Bertz CT molecular complexity index is 704. The lowest BCUT2D eigenvalue weighted by atomic mass is 9.88. The third-order valence-corrected chi connectivity index (χ3v) is 4.00. The second-order valence-electron chi connectivity index (χ2n) is 4.55. The van der Waals surface area contributed by atoms with E-state index in [1.54, 1.807) is 11.6 Å². The van der Waals surface area contributed by atoms with Crippen molar-refractivity contribution in [3.63, 3.8) is 0 Å². The number of nitrogens with zero attached hydrogens (tertiary/aromatic N) is 1. The van der Waals surface area contributed by atoms with E-state index in [1.165, 1.54) is 11.6 Å². The first kappa shape index (κ1) is 11.5. The quantitative estimate of drug-likeness (QED) is 0.813. The summed E-state index contributed by atoms with van der Waals surface area (Å²) in [6.45, 7) is 0. The van der Waals surface area contributed by atoms with Crippen molar-refractivity contribution < 1.29 is 5.11 Å². The van der Waals surface area contributed by atoms with Gasteiger partial charge in [0.2, 0.25) is 0 Å². The van der Waals surface area contributed by atoms with E-state index in [4.69, 9.17) is 0 Å². The molecule has 0 spiro atoms. The van der Waals surface area contributed by atoms with Crippen LogP contribution in [0.15, 0.2) is 33.5 Å². The van der Waals surface area contributed by atoms with Gasteiger partial charge in [-0.1, -0.05) is 22.0 Å². The Morgan fingerprint density at radius 2 is 2.06 bits per heavy atom. The second kappa shape index (κ2) is 3.99. The van der Waals surface area contributed by atoms with E-state index in [2.05, 4.69) is 22.0 Å². The number of pyridine rings is 1. The molecule has 0 amide bonds. The number of rotatable bonds is 0. The highest BCUT2D eigenvalue weighted by Gasteiger charge is 2.22. The summed E-state index contributed by atoms with van der Waals surface area (Å²) in [7, 11) is 1.75. The van der Waals surface area contributed by atoms with Gasteiger partial charge in [0.15, 0.2) is 0 Å². The predicted molar refractivity (Wildman–Crippen MR) is 73.9 cm³/mol. The van der Waals surface area contributed by atoms with Crippen molar-refractivity contribution in [2.24, 2.45) is 7.05 Å². The smallest absolute Gasteiger partial charge is 0.254 e. The number of halogens is 1. The van der Waals surface area contributed by atoms with Crippen LogP contribution in [0.5, 0.6) is 5.75 Å². The molecule has 0 bridgehead atoms. The van der Waals surface area contributed by atoms with Crippen LogP contribution in [0.2, 0.25) is 0 Å². The molecular formula is C14H12BrNO2. The molecular weight excluding hydrogens is 294 g/mol. The van der Waals surface area contributed by atoms with Crippen molar-refractivity contribution >= 4 is 15.9 Å². The molecule has 0 saturated heterocycles. The number of hydrogen-bond acceptors (Lipinski definition) is 2. The van der Waals surface area contributed by atoms with Crippen molar-refractivity contribution in [2.75, 3.05) is 0 Å². The molecule has 1 aromatic heterocycles. The van der Waals surface area contributed by atoms with Gasteiger partial charge in [-0.3, -0.25) is 4.79 Å². The van der Waals surface area contributed by atoms with Gasteiger partial charge in [0.05, 0.1) is 0 Å². The van der Waals surface area contributed by atoms with Crippen LogP contribution in [-0.4, -0.2) is 9.67 Å². The van der Waals surface area contributed by atoms with Gasteiger partial charge < -0.3 is 9.67 Å². The van der Waals surface area contributed by atoms with Gasteiger partial charge in [0, 0.05) is 28.8 Å². The van der Waals surface area contributed by atoms with Crippen LogP contribution in [0.3, 0.4) is 0 Å². The summed E-state index contributed by atoms with van der Waals surface area (Å²) in [5, 5.41) is 10.1. The summed E-state index contributed by atoms with van der Waals surface area (Å²) in [4.78, 5) is 11.7. The van der Waals surface area contributed by atoms with Crippen LogP contribution < -0.4 is 5.56 Å². The molecule has 0 unspecified atom stereocenters. The largest absolute Gasteiger partial charge is 0.507 e. The molecule has 1 heterocycles. The SMILES string of the molecule is Cn1c2c(c(O)cc1=O)-c1ccc(Br)cc1CC2. The summed E-state index contributed by atoms with van der Waals surface area (Å²) in [6, 6.07) is 7.30. The zero-order valence-electron chi connectivity index (χ0n) is 9.90. The van der Waals surface area contributed by atoms with Gasteiger partial charge in [-0.2, -0.15) is 0 Å². The number of aromatic hydroxyl groups is 1. The Kier molecular flexibility index (Phi) is 2.55. The Hall–Kier alpha value is -1.55. The zero-order chi connectivity index (χ0) is 12.9. The number of benzene rings is 1. The van der Waals surface area contributed by atoms with E-state index >= 15 is 0 Å². The van der Waals surface area contributed by atoms with Gasteiger partial charge in [0.25, 0.3) is 5.56 Å². The van der Waals surface area contributed by atoms with Gasteiger partial charge in [-0.25, -0.2) is 0 Å². The van der Waals surface area contributed by atoms with Crippen LogP contribution in [0.25, 0.3) is 11.1 Å². The highest BCUT2D eigenvalue weighted by atomic mass is 79.9. The first-order chi connectivity index (χ1) is 8.58. The highest BCUT2D eigenvalue weighted by Crippen LogP contribution is 2.39. The van der Waals surface area contributed by atoms with Gasteiger partial charge in [-0.05, 0) is 36.1 Å². The summed E-state index contributed by atoms with van der Waals surface area (Å²) < 4.78 is 2.66. The van der Waals surface area contributed by atoms with Crippen molar-refractivity contribution in [1.82, 2.24) is 4.57 Å². The van der Waals surface area contributed by atoms with E-state index in [9.17, 15) is 9.90 Å². The van der Waals surface area contributed by atoms with E-state index < -0.39 is 0 Å². The minimum absolute atomic E-state index is 0.0800. The first-order valence-corrected chi connectivity index (χ1v) is 6.58. The lowest BCUT2D eigenvalue weighted by molar-refractivity contribution is 0.471. The molecule has 0 atom stereocenters. The highest BCUT2D eigenvalue weighted by molar-refractivity contribution is 9.10. The molecule has 3 rings (SSSR count). The summed E-state index contributed by atoms with van der Waals surface area (Å²) in [5.74, 6) is 0.0800. The lowest BCUT2D eigenvalue weighted by Gasteiger charge is -2.23. The molecule has 1 N–H and O–H groups in total. The monoisotopic (exact) mass is 305 g/mol. The Morgan fingerprint density at radius 3 is 2.83 bits per heavy atom. The van der Waals surface area contributed by atoms with E-state index in [1.807, 2.05) is 12.1 Å². The molecule has 1 aromatic carbocycles. The van der Waals surface area contributed by atoms with Gasteiger partial charge >= 0.3 is 0 Å². The lowest BCUT2D eigenvalue weighted by Crippen LogP contribution is -2.22. The molecule has 0 fully saturated rings. The van der Waals surface area contributed by atoms with Crippen molar-refractivity contribution in [3.8, 4) is 16.9 Å². The Balaban J connectivity index is 2.37. The average molecular weight is 306 g/mol. The third kappa shape index (κ3) is 1.60. The molecule has 3 nitrogen and oxygen atoms in total. The number of aromatic nitrogens is 1. The third-order valence-electron chi connectivity index (χ3n) is 3.51. The molecule has 0 aliphatic heterocycles. The molecule has 0 saturated carbocycles. The maximum Gasteiger partial charge on any atom is 0.254 e. The minimum Gasteiger partial charge on any atom is -0.507 e. The van der Waals surface area contributed by atoms with Crippen molar-refractivity contribution in [1.29, 1.82) is 0 Å². The molecule has 1 aliphatic rings. The van der Waals surface area contributed by atoms with Gasteiger partial charge in [0.1, 0.15) is 5.75 Å². The fraction of sp³-hybridized carbons (Fsp3) is 0.214. The number of hydrogen-bond donors (Lipinski definition) is 1. The summed E-state index contributed by atoms with van der Waals surface area (Å²) >= 11 is 3.46. The maximum atomic E-state index is 11.7. The van der Waals surface area contributed by atoms with Gasteiger partial charge in [-0.15, -0.1) is 0 Å². The van der Waals surface area contributed by atoms with E-state index in [-0.39, 0.29) is 11.3 Å². The second-order valence-corrected chi connectivity index (χ2v) is 5.47. The maximum absolute atomic E-state index is 11.7. The standard InChI is InChI=1S/C14H12BrNO2/c1-16-11-5-2-8-6-9(15)3-4-10(8)14(11)12(17)7-13(16)18/h3-4,6-7,17H,2,5H2,1H3. The average Bonchev–Trinajstić information content (AvgIpc) is 2.34. The van der Waals surface area contributed by atoms with Crippen LogP contribution in [0, 0.1) is 0 Å². The predicted octanol–water partition coefficient (Wildman–Crippen LogP) is 2.62. The molecule has 4 heteroatoms. The molecule has 1 aliphatic carbocycles. The number of aryl methyl sites for hydroxylation is 1. The van der Waals surface area contributed by atoms with Crippen LogP contribution >= 0.6 is 15.9 Å². The van der Waals surface area contributed by atoms with Crippen molar-refractivity contribution in [2.45, 2.75) is 12.8 Å². The van der Waals surface area contributed by atoms with E-state index in [0.29, 0.717) is 0 Å². The van der Waals surface area contributed by atoms with E-state index in [0.717, 1.165) is 34.1 Å². The Labute approximate surface area is 113 Å². The topological polar surface area (TPSA) is 42.2 Å². The molecule has 92 valence electrons. The van der Waals surface area contributed by atoms with Crippen LogP contribution in [-0.2, 0) is 19.9 Å². The fourth-order valence-electron chi connectivity index (χ4n) is 2.59. The minimum atomic E-state index is -0.160. The molecule has 2 aromatic rings. The normalized spacial score (nSPS) is 13.0. The zero-order valence-corrected chi connectivity index (χ0v) is 11.5. The summed E-state index contributed by atoms with van der Waals surface area (Å²) in [6.07, 6.45) is 1.66. The van der Waals surface area contributed by atoms with Crippen molar-refractivity contribution in [3.05, 3.63) is 50.3 Å². The Morgan fingerprint density at radius 1 is 1.28 bits per heavy atom. The first-order valence-electron chi connectivity index (χ1n) is 5.78. The fourth-order valence-corrected chi connectivity index (χ4v) is 3.00. The molecule has 18 heavy (non-hydrogen) atoms. The number of fused-ring (bicyclic) bond motifs is 3. The summed E-state index contributed by atoms with van der Waals surface area (Å²) in [5.41, 5.74) is 3.77.